The summed E-state index contributed by atoms with van der Waals surface area (Å²) < 4.78 is 27.3. The molecule has 0 radical (unpaired) electrons. The van der Waals surface area contributed by atoms with Gasteiger partial charge in [-0.3, -0.25) is 0 Å². The highest BCUT2D eigenvalue weighted by Gasteiger charge is 2.17. The predicted molar refractivity (Wildman–Crippen MR) is 84.5 cm³/mol. The Labute approximate surface area is 127 Å². The summed E-state index contributed by atoms with van der Waals surface area (Å²) in [6.45, 7) is 5.55. The average Bonchev–Trinajstić information content (AvgIpc) is 2.43. The molecule has 0 aliphatic carbocycles. The van der Waals surface area contributed by atoms with Gasteiger partial charge in [-0.15, -0.1) is 0 Å². The van der Waals surface area contributed by atoms with Gasteiger partial charge in [0.05, 0.1) is 4.90 Å². The zero-order valence-corrected chi connectivity index (χ0v) is 13.6. The quantitative estimate of drug-likeness (QED) is 0.792. The zero-order valence-electron chi connectivity index (χ0n) is 12.8. The SMILES string of the molecule is CCCCC(C)NS(=O)(=O)c1ccc(C#CCO)c(C)c1. The topological polar surface area (TPSA) is 66.4 Å². The number of aryl methyl sites for hydroxylation is 1. The number of nitrogens with one attached hydrogen (secondary N) is 1. The molecule has 1 aromatic carbocycles. The van der Waals surface area contributed by atoms with Gasteiger partial charge in [0.25, 0.3) is 0 Å². The number of benzene rings is 1. The number of hydrogen-bond donors (Lipinski definition) is 2. The smallest absolute Gasteiger partial charge is 0.240 e. The van der Waals surface area contributed by atoms with Crippen LogP contribution < -0.4 is 4.72 Å². The van der Waals surface area contributed by atoms with E-state index in [1.54, 1.807) is 25.1 Å². The highest BCUT2D eigenvalue weighted by Crippen LogP contribution is 2.16. The summed E-state index contributed by atoms with van der Waals surface area (Å²) in [5.41, 5.74) is 1.50. The summed E-state index contributed by atoms with van der Waals surface area (Å²) in [4.78, 5) is 0.248. The first kappa shape index (κ1) is 17.7. The van der Waals surface area contributed by atoms with Crippen LogP contribution in [0, 0.1) is 18.8 Å². The van der Waals surface area contributed by atoms with Gasteiger partial charge in [-0.25, -0.2) is 13.1 Å². The summed E-state index contributed by atoms with van der Waals surface area (Å²) in [7, 11) is -3.50. The van der Waals surface area contributed by atoms with Crippen LogP contribution in [0.3, 0.4) is 0 Å². The number of hydrogen-bond acceptors (Lipinski definition) is 3. The first-order chi connectivity index (χ1) is 9.90. The Balaban J connectivity index is 2.91. The third kappa shape index (κ3) is 5.50. The minimum atomic E-state index is -3.50. The van der Waals surface area contributed by atoms with Crippen LogP contribution in [0.5, 0.6) is 0 Å². The molecule has 2 N–H and O–H groups in total. The van der Waals surface area contributed by atoms with E-state index in [0.717, 1.165) is 30.4 Å². The summed E-state index contributed by atoms with van der Waals surface area (Å²) >= 11 is 0. The normalized spacial score (nSPS) is 12.6. The number of aliphatic hydroxyl groups excluding tert-OH is 1. The molecule has 0 amide bonds. The molecule has 1 atom stereocenters. The van der Waals surface area contributed by atoms with Crippen molar-refractivity contribution in [3.05, 3.63) is 29.3 Å². The van der Waals surface area contributed by atoms with Crippen LogP contribution in [-0.4, -0.2) is 26.2 Å². The number of rotatable bonds is 6. The monoisotopic (exact) mass is 309 g/mol. The predicted octanol–water partition coefficient (Wildman–Crippen LogP) is 2.20. The van der Waals surface area contributed by atoms with Gasteiger partial charge in [0.1, 0.15) is 6.61 Å². The Hall–Kier alpha value is -1.35. The first-order valence-corrected chi connectivity index (χ1v) is 8.61. The number of unbranched alkanes of at least 4 members (excludes halogenated alkanes) is 1. The minimum absolute atomic E-state index is 0.0795. The molecule has 0 saturated heterocycles. The van der Waals surface area contributed by atoms with Crippen molar-refractivity contribution in [3.8, 4) is 11.8 Å². The number of aliphatic hydroxyl groups is 1. The zero-order chi connectivity index (χ0) is 15.9. The fourth-order valence-electron chi connectivity index (χ4n) is 1.98. The molecule has 1 aromatic rings. The third-order valence-corrected chi connectivity index (χ3v) is 4.74. The van der Waals surface area contributed by atoms with Crippen LogP contribution >= 0.6 is 0 Å². The Bertz CT molecular complexity index is 627. The van der Waals surface area contributed by atoms with Crippen molar-refractivity contribution in [2.24, 2.45) is 0 Å². The fraction of sp³-hybridized carbons (Fsp3) is 0.500. The lowest BCUT2D eigenvalue weighted by molar-refractivity contribution is 0.350. The number of sulfonamides is 1. The summed E-state index contributed by atoms with van der Waals surface area (Å²) in [6, 6.07) is 4.74. The van der Waals surface area contributed by atoms with Crippen LogP contribution in [0.4, 0.5) is 0 Å². The van der Waals surface area contributed by atoms with E-state index in [9.17, 15) is 8.42 Å². The molecule has 0 aromatic heterocycles. The van der Waals surface area contributed by atoms with E-state index in [4.69, 9.17) is 5.11 Å². The van der Waals surface area contributed by atoms with Crippen LogP contribution in [0.1, 0.15) is 44.2 Å². The molecule has 0 bridgehead atoms. The second kappa shape index (κ2) is 8.18. The molecule has 1 unspecified atom stereocenters. The van der Waals surface area contributed by atoms with Crippen LogP contribution in [0.25, 0.3) is 0 Å². The summed E-state index contributed by atoms with van der Waals surface area (Å²) in [6.07, 6.45) is 2.87. The highest BCUT2D eigenvalue weighted by atomic mass is 32.2. The van der Waals surface area contributed by atoms with Crippen LogP contribution in [0.15, 0.2) is 23.1 Å². The van der Waals surface area contributed by atoms with E-state index < -0.39 is 10.0 Å². The summed E-state index contributed by atoms with van der Waals surface area (Å²) in [5.74, 6) is 5.35. The lowest BCUT2D eigenvalue weighted by atomic mass is 10.1. The van der Waals surface area contributed by atoms with E-state index in [1.165, 1.54) is 0 Å². The molecular weight excluding hydrogens is 286 g/mol. The second-order valence-electron chi connectivity index (χ2n) is 5.10. The van der Waals surface area contributed by atoms with Crippen molar-refractivity contribution in [2.45, 2.75) is 51.0 Å². The van der Waals surface area contributed by atoms with Crippen molar-refractivity contribution >= 4 is 10.0 Å². The lowest BCUT2D eigenvalue weighted by Gasteiger charge is -2.14. The third-order valence-electron chi connectivity index (χ3n) is 3.16. The second-order valence-corrected chi connectivity index (χ2v) is 6.82. The first-order valence-electron chi connectivity index (χ1n) is 7.13. The Kier molecular flexibility index (Phi) is 6.90. The molecule has 4 nitrogen and oxygen atoms in total. The van der Waals surface area contributed by atoms with Crippen molar-refractivity contribution < 1.29 is 13.5 Å². The van der Waals surface area contributed by atoms with Gasteiger partial charge in [0.2, 0.25) is 10.0 Å². The minimum Gasteiger partial charge on any atom is -0.384 e. The fourth-order valence-corrected chi connectivity index (χ4v) is 3.34. The van der Waals surface area contributed by atoms with Gasteiger partial charge in [0.15, 0.2) is 0 Å². The van der Waals surface area contributed by atoms with E-state index >= 15 is 0 Å². The van der Waals surface area contributed by atoms with Crippen molar-refractivity contribution in [2.75, 3.05) is 6.61 Å². The molecule has 21 heavy (non-hydrogen) atoms. The van der Waals surface area contributed by atoms with E-state index in [-0.39, 0.29) is 17.5 Å². The van der Waals surface area contributed by atoms with Gasteiger partial charge in [-0.1, -0.05) is 31.6 Å². The highest BCUT2D eigenvalue weighted by molar-refractivity contribution is 7.89. The van der Waals surface area contributed by atoms with Gasteiger partial charge in [-0.05, 0) is 44.0 Å². The Morgan fingerprint density at radius 1 is 1.38 bits per heavy atom. The molecule has 116 valence electrons. The standard InChI is InChI=1S/C16H23NO3S/c1-4-5-7-14(3)17-21(19,20)16-10-9-15(8-6-11-18)13(2)12-16/h9-10,12,14,17-18H,4-5,7,11H2,1-3H3. The van der Waals surface area contributed by atoms with Gasteiger partial charge in [0, 0.05) is 11.6 Å². The van der Waals surface area contributed by atoms with Gasteiger partial charge >= 0.3 is 0 Å². The van der Waals surface area contributed by atoms with Crippen molar-refractivity contribution in [1.82, 2.24) is 4.72 Å². The van der Waals surface area contributed by atoms with Crippen molar-refractivity contribution in [1.29, 1.82) is 0 Å². The maximum absolute atomic E-state index is 12.3. The molecule has 0 spiro atoms. The Morgan fingerprint density at radius 2 is 2.10 bits per heavy atom. The molecule has 0 fully saturated rings. The maximum Gasteiger partial charge on any atom is 0.240 e. The van der Waals surface area contributed by atoms with Gasteiger partial charge < -0.3 is 5.11 Å². The molecule has 0 saturated carbocycles. The van der Waals surface area contributed by atoms with Crippen LogP contribution in [0.2, 0.25) is 0 Å². The summed E-state index contributed by atoms with van der Waals surface area (Å²) in [5, 5.41) is 8.69. The van der Waals surface area contributed by atoms with Crippen molar-refractivity contribution in [3.63, 3.8) is 0 Å². The average molecular weight is 309 g/mol. The van der Waals surface area contributed by atoms with Gasteiger partial charge in [-0.2, -0.15) is 0 Å². The molecule has 5 heteroatoms. The Morgan fingerprint density at radius 3 is 2.67 bits per heavy atom. The lowest BCUT2D eigenvalue weighted by Crippen LogP contribution is -2.32. The van der Waals surface area contributed by atoms with E-state index in [0.29, 0.717) is 0 Å². The molecule has 0 aliphatic heterocycles. The largest absolute Gasteiger partial charge is 0.384 e. The molecule has 1 rings (SSSR count). The van der Waals surface area contributed by atoms with E-state index in [2.05, 4.69) is 23.5 Å². The molecular formula is C16H23NO3S. The maximum atomic E-state index is 12.3. The molecule has 0 heterocycles. The van der Waals surface area contributed by atoms with Crippen LogP contribution in [-0.2, 0) is 10.0 Å². The van der Waals surface area contributed by atoms with E-state index in [1.807, 2.05) is 6.92 Å². The molecule has 0 aliphatic rings.